The largest absolute Gasteiger partial charge is 0.390 e. The van der Waals surface area contributed by atoms with E-state index >= 15 is 0 Å². The zero-order chi connectivity index (χ0) is 23.4. The Kier molecular flexibility index (Phi) is 7.32. The Balaban J connectivity index is 1.54. The van der Waals surface area contributed by atoms with Gasteiger partial charge < -0.3 is 25.0 Å². The molecular weight excluding hydrogens is 444 g/mol. The number of amides is 1. The molecule has 7 nitrogen and oxygen atoms in total. The van der Waals surface area contributed by atoms with E-state index in [1.807, 2.05) is 6.07 Å². The molecule has 2 aromatic carbocycles. The van der Waals surface area contributed by atoms with Gasteiger partial charge in [0.25, 0.3) is 5.91 Å². The minimum absolute atomic E-state index is 0.0536. The number of nitrogens with one attached hydrogen (secondary N) is 1. The van der Waals surface area contributed by atoms with Crippen LogP contribution in [0.2, 0.25) is 5.02 Å². The van der Waals surface area contributed by atoms with E-state index in [2.05, 4.69) is 11.4 Å². The Morgan fingerprint density at radius 3 is 2.67 bits per heavy atom. The SMILES string of the molecule is N#Cc1ccccc1COC1C[C@](OCc2cccc(Cl)c2)(C(=O)NC2CC2)C[C@@H](O)[C@H]1O. The van der Waals surface area contributed by atoms with E-state index in [1.165, 1.54) is 0 Å². The number of ether oxygens (including phenoxy) is 2. The molecule has 4 atom stereocenters. The lowest BCUT2D eigenvalue weighted by Gasteiger charge is -2.44. The van der Waals surface area contributed by atoms with Crippen molar-refractivity contribution in [3.8, 4) is 6.07 Å². The number of hydrogen-bond acceptors (Lipinski definition) is 6. The van der Waals surface area contributed by atoms with Crippen LogP contribution < -0.4 is 5.32 Å². The van der Waals surface area contributed by atoms with Crippen LogP contribution in [0.5, 0.6) is 0 Å². The summed E-state index contributed by atoms with van der Waals surface area (Å²) in [5.41, 5.74) is 0.559. The lowest BCUT2D eigenvalue weighted by molar-refractivity contribution is -0.200. The van der Waals surface area contributed by atoms with Gasteiger partial charge in [0.1, 0.15) is 6.10 Å². The van der Waals surface area contributed by atoms with Crippen LogP contribution in [0.4, 0.5) is 0 Å². The molecule has 0 aliphatic heterocycles. The van der Waals surface area contributed by atoms with Gasteiger partial charge in [0.2, 0.25) is 0 Å². The van der Waals surface area contributed by atoms with Crippen LogP contribution in [-0.2, 0) is 27.5 Å². The van der Waals surface area contributed by atoms with Crippen LogP contribution >= 0.6 is 11.6 Å². The Hall–Kier alpha value is -2.47. The van der Waals surface area contributed by atoms with Gasteiger partial charge in [0, 0.05) is 23.9 Å². The smallest absolute Gasteiger partial charge is 0.252 e. The summed E-state index contributed by atoms with van der Waals surface area (Å²) in [6.07, 6.45) is -1.42. The van der Waals surface area contributed by atoms with E-state index in [0.717, 1.165) is 18.4 Å². The number of halogens is 1. The van der Waals surface area contributed by atoms with Crippen LogP contribution in [0, 0.1) is 11.3 Å². The molecule has 2 saturated carbocycles. The molecule has 3 N–H and O–H groups in total. The van der Waals surface area contributed by atoms with Gasteiger partial charge in [-0.1, -0.05) is 41.9 Å². The number of nitrogens with zero attached hydrogens (tertiary/aromatic N) is 1. The van der Waals surface area contributed by atoms with Gasteiger partial charge in [-0.3, -0.25) is 4.79 Å². The van der Waals surface area contributed by atoms with E-state index < -0.39 is 23.9 Å². The number of carbonyl (C=O) groups excluding carboxylic acids is 1. The first-order valence-corrected chi connectivity index (χ1v) is 11.4. The molecule has 0 spiro atoms. The molecule has 33 heavy (non-hydrogen) atoms. The second-order valence-corrected chi connectivity index (χ2v) is 9.18. The standard InChI is InChI=1S/C25H27ClN2O5/c26-19-7-3-4-16(10-19)14-33-25(24(31)28-20-8-9-20)11-21(29)23(30)22(12-25)32-15-18-6-2-1-5-17(18)13-27/h1-7,10,20-23,29-30H,8-9,11-12,14-15H2,(H,28,31)/t21-,22?,23-,25+/m1/s1. The van der Waals surface area contributed by atoms with Gasteiger partial charge in [0.05, 0.1) is 37.1 Å². The number of nitriles is 1. The van der Waals surface area contributed by atoms with Crippen LogP contribution in [0.25, 0.3) is 0 Å². The van der Waals surface area contributed by atoms with Crippen LogP contribution in [0.15, 0.2) is 48.5 Å². The van der Waals surface area contributed by atoms with Crippen molar-refractivity contribution in [3.05, 3.63) is 70.2 Å². The van der Waals surface area contributed by atoms with Gasteiger partial charge in [-0.25, -0.2) is 0 Å². The second-order valence-electron chi connectivity index (χ2n) is 8.75. The van der Waals surface area contributed by atoms with Crippen molar-refractivity contribution < 1.29 is 24.5 Å². The Morgan fingerprint density at radius 1 is 1.15 bits per heavy atom. The van der Waals surface area contributed by atoms with Crippen molar-refractivity contribution in [2.45, 2.75) is 68.9 Å². The number of aliphatic hydroxyl groups excluding tert-OH is 2. The zero-order valence-corrected chi connectivity index (χ0v) is 18.9. The summed E-state index contributed by atoms with van der Waals surface area (Å²) >= 11 is 6.08. The maximum Gasteiger partial charge on any atom is 0.252 e. The van der Waals surface area contributed by atoms with E-state index in [0.29, 0.717) is 16.1 Å². The van der Waals surface area contributed by atoms with Gasteiger partial charge >= 0.3 is 0 Å². The summed E-state index contributed by atoms with van der Waals surface area (Å²) in [6.45, 7) is 0.179. The molecule has 0 bridgehead atoms. The fraction of sp³-hybridized carbons (Fsp3) is 0.440. The van der Waals surface area contributed by atoms with Crippen LogP contribution in [0.1, 0.15) is 42.4 Å². The quantitative estimate of drug-likeness (QED) is 0.547. The van der Waals surface area contributed by atoms with Crippen molar-refractivity contribution in [2.75, 3.05) is 0 Å². The van der Waals surface area contributed by atoms with E-state index in [4.69, 9.17) is 21.1 Å². The third-order valence-electron chi connectivity index (χ3n) is 6.17. The highest BCUT2D eigenvalue weighted by Gasteiger charge is 2.52. The van der Waals surface area contributed by atoms with Crippen molar-refractivity contribution in [1.29, 1.82) is 5.26 Å². The predicted molar refractivity (Wildman–Crippen MR) is 121 cm³/mol. The Labute approximate surface area is 197 Å². The number of aliphatic hydroxyl groups is 2. The first kappa shape index (κ1) is 23.7. The summed E-state index contributed by atoms with van der Waals surface area (Å²) in [7, 11) is 0. The van der Waals surface area contributed by atoms with Crippen LogP contribution in [-0.4, -0.2) is 46.1 Å². The summed E-state index contributed by atoms with van der Waals surface area (Å²) in [5, 5.41) is 34.1. The predicted octanol–water partition coefficient (Wildman–Crippen LogP) is 2.85. The Bertz CT molecular complexity index is 1040. The molecule has 4 rings (SSSR count). The first-order valence-electron chi connectivity index (χ1n) is 11.1. The number of hydrogen-bond donors (Lipinski definition) is 3. The molecule has 1 unspecified atom stereocenters. The van der Waals surface area contributed by atoms with Gasteiger partial charge in [-0.15, -0.1) is 0 Å². The zero-order valence-electron chi connectivity index (χ0n) is 18.1. The molecule has 0 heterocycles. The van der Waals surface area contributed by atoms with E-state index in [1.54, 1.807) is 42.5 Å². The lowest BCUT2D eigenvalue weighted by Crippen LogP contribution is -2.60. The summed E-state index contributed by atoms with van der Waals surface area (Å²) in [6, 6.07) is 16.4. The molecule has 0 aromatic heterocycles. The molecule has 2 aromatic rings. The van der Waals surface area contributed by atoms with Gasteiger partial charge in [-0.2, -0.15) is 5.26 Å². The first-order chi connectivity index (χ1) is 15.9. The summed E-state index contributed by atoms with van der Waals surface area (Å²) in [4.78, 5) is 13.3. The second kappa shape index (κ2) is 10.2. The minimum atomic E-state index is -1.37. The van der Waals surface area contributed by atoms with Crippen molar-refractivity contribution in [2.24, 2.45) is 0 Å². The highest BCUT2D eigenvalue weighted by Crippen LogP contribution is 2.37. The minimum Gasteiger partial charge on any atom is -0.390 e. The molecule has 0 saturated heterocycles. The average Bonchev–Trinajstić information content (AvgIpc) is 3.63. The van der Waals surface area contributed by atoms with Crippen LogP contribution in [0.3, 0.4) is 0 Å². The molecule has 2 aliphatic carbocycles. The van der Waals surface area contributed by atoms with E-state index in [9.17, 15) is 20.3 Å². The fourth-order valence-corrected chi connectivity index (χ4v) is 4.32. The van der Waals surface area contributed by atoms with Crippen molar-refractivity contribution >= 4 is 17.5 Å². The molecular formula is C25H27ClN2O5. The van der Waals surface area contributed by atoms with Crippen molar-refractivity contribution in [1.82, 2.24) is 5.32 Å². The van der Waals surface area contributed by atoms with E-state index in [-0.39, 0.29) is 38.0 Å². The molecule has 1 amide bonds. The van der Waals surface area contributed by atoms with Gasteiger partial charge in [-0.05, 0) is 42.2 Å². The maximum absolute atomic E-state index is 13.3. The topological polar surface area (TPSA) is 112 Å². The molecule has 8 heteroatoms. The average molecular weight is 471 g/mol. The number of carbonyl (C=O) groups is 1. The lowest BCUT2D eigenvalue weighted by atomic mass is 9.78. The Morgan fingerprint density at radius 2 is 1.94 bits per heavy atom. The highest BCUT2D eigenvalue weighted by atomic mass is 35.5. The summed E-state index contributed by atoms with van der Waals surface area (Å²) < 4.78 is 12.1. The third kappa shape index (κ3) is 5.72. The fourth-order valence-electron chi connectivity index (χ4n) is 4.11. The van der Waals surface area contributed by atoms with Gasteiger partial charge in [0.15, 0.2) is 5.60 Å². The number of rotatable bonds is 8. The molecule has 0 radical (unpaired) electrons. The third-order valence-corrected chi connectivity index (χ3v) is 6.40. The summed E-state index contributed by atoms with van der Waals surface area (Å²) in [5.74, 6) is -0.316. The number of benzene rings is 2. The molecule has 2 fully saturated rings. The molecule has 174 valence electrons. The monoisotopic (exact) mass is 470 g/mol. The normalized spacial score (nSPS) is 27.0. The highest BCUT2D eigenvalue weighted by molar-refractivity contribution is 6.30. The van der Waals surface area contributed by atoms with Crippen molar-refractivity contribution in [3.63, 3.8) is 0 Å². The molecule has 2 aliphatic rings. The maximum atomic E-state index is 13.3.